The van der Waals surface area contributed by atoms with E-state index in [4.69, 9.17) is 9.63 Å². The summed E-state index contributed by atoms with van der Waals surface area (Å²) in [7, 11) is 0. The molecule has 0 aromatic carbocycles. The number of aromatic nitrogens is 1. The highest BCUT2D eigenvalue weighted by Crippen LogP contribution is 2.22. The number of nitrogens with zero attached hydrogens (tertiary/aromatic N) is 1. The molecule has 2 N–H and O–H groups in total. The van der Waals surface area contributed by atoms with Crippen LogP contribution in [0, 0.1) is 12.3 Å². The molecule has 0 aliphatic heterocycles. The topological polar surface area (TPSA) is 92.4 Å². The number of aliphatic carboxylic acids is 1. The highest BCUT2D eigenvalue weighted by molar-refractivity contribution is 5.91. The molecular formula is C13H20N2O4. The Bertz CT molecular complexity index is 459. The smallest absolute Gasteiger partial charge is 0.305 e. The zero-order valence-corrected chi connectivity index (χ0v) is 11.7. The SMILES string of the molecule is Cc1cc(C(=O)NC(CC(=O)O)CC(C)(C)C)on1. The number of hydrogen-bond donors (Lipinski definition) is 2. The van der Waals surface area contributed by atoms with Crippen molar-refractivity contribution in [2.24, 2.45) is 5.41 Å². The van der Waals surface area contributed by atoms with E-state index in [2.05, 4.69) is 10.5 Å². The van der Waals surface area contributed by atoms with Crippen molar-refractivity contribution in [3.63, 3.8) is 0 Å². The third-order valence-corrected chi connectivity index (χ3v) is 2.47. The van der Waals surface area contributed by atoms with E-state index in [1.165, 1.54) is 6.07 Å². The van der Waals surface area contributed by atoms with E-state index in [1.807, 2.05) is 20.8 Å². The molecule has 19 heavy (non-hydrogen) atoms. The predicted molar refractivity (Wildman–Crippen MR) is 68.8 cm³/mol. The van der Waals surface area contributed by atoms with Crippen molar-refractivity contribution >= 4 is 11.9 Å². The molecule has 0 bridgehead atoms. The minimum Gasteiger partial charge on any atom is -0.481 e. The Morgan fingerprint density at radius 1 is 1.47 bits per heavy atom. The summed E-state index contributed by atoms with van der Waals surface area (Å²) in [6, 6.07) is 1.08. The Morgan fingerprint density at radius 2 is 2.11 bits per heavy atom. The fourth-order valence-electron chi connectivity index (χ4n) is 1.85. The Kier molecular flexibility index (Phi) is 4.69. The van der Waals surface area contributed by atoms with Gasteiger partial charge in [-0.15, -0.1) is 0 Å². The fraction of sp³-hybridized carbons (Fsp3) is 0.615. The quantitative estimate of drug-likeness (QED) is 0.852. The van der Waals surface area contributed by atoms with E-state index in [0.717, 1.165) is 0 Å². The van der Waals surface area contributed by atoms with Crippen LogP contribution in [0.25, 0.3) is 0 Å². The van der Waals surface area contributed by atoms with Gasteiger partial charge in [-0.3, -0.25) is 9.59 Å². The van der Waals surface area contributed by atoms with Crippen LogP contribution in [0.1, 0.15) is 49.9 Å². The number of aryl methyl sites for hydroxylation is 1. The number of carboxylic acid groups (broad SMARTS) is 1. The normalized spacial score (nSPS) is 13.1. The van der Waals surface area contributed by atoms with Gasteiger partial charge in [0.15, 0.2) is 0 Å². The zero-order chi connectivity index (χ0) is 14.6. The molecular weight excluding hydrogens is 248 g/mol. The molecule has 6 heteroatoms. The lowest BCUT2D eigenvalue weighted by atomic mass is 9.87. The number of rotatable bonds is 5. The number of hydrogen-bond acceptors (Lipinski definition) is 4. The van der Waals surface area contributed by atoms with Crippen LogP contribution in [0.2, 0.25) is 0 Å². The summed E-state index contributed by atoms with van der Waals surface area (Å²) in [5.41, 5.74) is 0.529. The van der Waals surface area contributed by atoms with Crippen molar-refractivity contribution in [2.75, 3.05) is 0 Å². The van der Waals surface area contributed by atoms with Crippen LogP contribution in [-0.2, 0) is 4.79 Å². The molecule has 1 heterocycles. The van der Waals surface area contributed by atoms with Crippen molar-refractivity contribution in [1.29, 1.82) is 0 Å². The third-order valence-electron chi connectivity index (χ3n) is 2.47. The molecule has 106 valence electrons. The van der Waals surface area contributed by atoms with Gasteiger partial charge in [0, 0.05) is 12.1 Å². The van der Waals surface area contributed by atoms with Crippen molar-refractivity contribution in [2.45, 2.75) is 46.6 Å². The largest absolute Gasteiger partial charge is 0.481 e. The van der Waals surface area contributed by atoms with Gasteiger partial charge in [-0.25, -0.2) is 0 Å². The van der Waals surface area contributed by atoms with Crippen LogP contribution in [0.3, 0.4) is 0 Å². The van der Waals surface area contributed by atoms with E-state index >= 15 is 0 Å². The molecule has 0 saturated heterocycles. The molecule has 0 saturated carbocycles. The number of nitrogens with one attached hydrogen (secondary N) is 1. The highest BCUT2D eigenvalue weighted by Gasteiger charge is 2.24. The zero-order valence-electron chi connectivity index (χ0n) is 11.7. The van der Waals surface area contributed by atoms with Gasteiger partial charge in [-0.2, -0.15) is 0 Å². The van der Waals surface area contributed by atoms with Crippen molar-refractivity contribution in [3.8, 4) is 0 Å². The lowest BCUT2D eigenvalue weighted by Crippen LogP contribution is -2.38. The Balaban J connectivity index is 2.71. The van der Waals surface area contributed by atoms with Crippen molar-refractivity contribution in [3.05, 3.63) is 17.5 Å². The second-order valence-corrected chi connectivity index (χ2v) is 5.87. The van der Waals surface area contributed by atoms with Gasteiger partial charge < -0.3 is 14.9 Å². The van der Waals surface area contributed by atoms with Gasteiger partial charge in [-0.05, 0) is 18.8 Å². The van der Waals surface area contributed by atoms with Crippen molar-refractivity contribution < 1.29 is 19.2 Å². The minimum atomic E-state index is -0.941. The lowest BCUT2D eigenvalue weighted by molar-refractivity contribution is -0.137. The fourth-order valence-corrected chi connectivity index (χ4v) is 1.85. The second-order valence-electron chi connectivity index (χ2n) is 5.87. The molecule has 0 fully saturated rings. The van der Waals surface area contributed by atoms with E-state index in [-0.39, 0.29) is 17.6 Å². The van der Waals surface area contributed by atoms with Crippen LogP contribution >= 0.6 is 0 Å². The molecule has 1 unspecified atom stereocenters. The number of amides is 1. The van der Waals surface area contributed by atoms with Crippen LogP contribution < -0.4 is 5.32 Å². The predicted octanol–water partition coefficient (Wildman–Crippen LogP) is 1.99. The summed E-state index contributed by atoms with van der Waals surface area (Å²) < 4.78 is 4.85. The molecule has 0 spiro atoms. The summed E-state index contributed by atoms with van der Waals surface area (Å²) >= 11 is 0. The molecule has 1 aromatic heterocycles. The third kappa shape index (κ3) is 5.54. The summed E-state index contributed by atoms with van der Waals surface area (Å²) in [6.07, 6.45) is 0.453. The monoisotopic (exact) mass is 268 g/mol. The molecule has 1 rings (SSSR count). The Hall–Kier alpha value is -1.85. The molecule has 0 aliphatic rings. The lowest BCUT2D eigenvalue weighted by Gasteiger charge is -2.25. The molecule has 6 nitrogen and oxygen atoms in total. The van der Waals surface area contributed by atoms with Gasteiger partial charge in [0.1, 0.15) is 0 Å². The highest BCUT2D eigenvalue weighted by atomic mass is 16.5. The van der Waals surface area contributed by atoms with Crippen LogP contribution in [0.15, 0.2) is 10.6 Å². The summed E-state index contributed by atoms with van der Waals surface area (Å²) in [6.45, 7) is 7.69. The maximum absolute atomic E-state index is 11.9. The molecule has 1 amide bonds. The maximum Gasteiger partial charge on any atom is 0.305 e. The average molecular weight is 268 g/mol. The first-order chi connectivity index (χ1) is 8.67. The molecule has 1 atom stereocenters. The molecule has 1 aromatic rings. The van der Waals surface area contributed by atoms with Crippen molar-refractivity contribution in [1.82, 2.24) is 10.5 Å². The minimum absolute atomic E-state index is 0.0786. The Labute approximate surface area is 112 Å². The average Bonchev–Trinajstić information content (AvgIpc) is 2.60. The second kappa shape index (κ2) is 5.86. The number of carboxylic acids is 1. The first-order valence-electron chi connectivity index (χ1n) is 6.13. The summed E-state index contributed by atoms with van der Waals surface area (Å²) in [5, 5.41) is 15.2. The van der Waals surface area contributed by atoms with Gasteiger partial charge >= 0.3 is 5.97 Å². The molecule has 0 aliphatic carbocycles. The van der Waals surface area contributed by atoms with Gasteiger partial charge in [0.2, 0.25) is 5.76 Å². The Morgan fingerprint density at radius 3 is 2.53 bits per heavy atom. The number of carbonyl (C=O) groups is 2. The molecule has 0 radical (unpaired) electrons. The standard InChI is InChI=1S/C13H20N2O4/c1-8-5-10(19-15-8)12(18)14-9(6-11(16)17)7-13(2,3)4/h5,9H,6-7H2,1-4H3,(H,14,18)(H,16,17). The van der Waals surface area contributed by atoms with E-state index in [1.54, 1.807) is 6.92 Å². The van der Waals surface area contributed by atoms with Crippen LogP contribution in [-0.4, -0.2) is 28.2 Å². The van der Waals surface area contributed by atoms with Crippen LogP contribution in [0.5, 0.6) is 0 Å². The number of carbonyl (C=O) groups excluding carboxylic acids is 1. The van der Waals surface area contributed by atoms with E-state index < -0.39 is 17.9 Å². The first-order valence-corrected chi connectivity index (χ1v) is 6.13. The maximum atomic E-state index is 11.9. The van der Waals surface area contributed by atoms with Gasteiger partial charge in [0.25, 0.3) is 5.91 Å². The van der Waals surface area contributed by atoms with E-state index in [9.17, 15) is 9.59 Å². The van der Waals surface area contributed by atoms with E-state index in [0.29, 0.717) is 12.1 Å². The van der Waals surface area contributed by atoms with Crippen LogP contribution in [0.4, 0.5) is 0 Å². The summed E-state index contributed by atoms with van der Waals surface area (Å²) in [4.78, 5) is 22.7. The first kappa shape index (κ1) is 15.2. The summed E-state index contributed by atoms with van der Waals surface area (Å²) in [5.74, 6) is -1.28. The van der Waals surface area contributed by atoms with Gasteiger partial charge in [-0.1, -0.05) is 25.9 Å². The van der Waals surface area contributed by atoms with Gasteiger partial charge in [0.05, 0.1) is 12.1 Å².